The third-order valence-electron chi connectivity index (χ3n) is 3.47. The Hall–Kier alpha value is -0.0800. The van der Waals surface area contributed by atoms with Gasteiger partial charge >= 0.3 is 0 Å². The molecule has 14 heavy (non-hydrogen) atoms. The lowest BCUT2D eigenvalue weighted by molar-refractivity contribution is 0.246. The predicted octanol–water partition coefficient (Wildman–Crippen LogP) is 2.21. The Labute approximate surface area is 88.8 Å². The monoisotopic (exact) mass is 198 g/mol. The van der Waals surface area contributed by atoms with E-state index in [1.165, 1.54) is 0 Å². The Morgan fingerprint density at radius 1 is 1.14 bits per heavy atom. The van der Waals surface area contributed by atoms with Gasteiger partial charge in [-0.05, 0) is 17.3 Å². The average Bonchev–Trinajstić information content (AvgIpc) is 2.49. The van der Waals surface area contributed by atoms with Crippen LogP contribution < -0.4 is 10.6 Å². The Morgan fingerprint density at radius 3 is 2.07 bits per heavy atom. The van der Waals surface area contributed by atoms with Crippen molar-refractivity contribution in [1.82, 2.24) is 10.6 Å². The normalized spacial score (nSPS) is 31.1. The van der Waals surface area contributed by atoms with Crippen LogP contribution in [0.2, 0.25) is 0 Å². The van der Waals surface area contributed by atoms with E-state index in [-0.39, 0.29) is 0 Å². The predicted molar refractivity (Wildman–Crippen MR) is 62.2 cm³/mol. The second kappa shape index (κ2) is 4.19. The van der Waals surface area contributed by atoms with Crippen LogP contribution in [0.25, 0.3) is 0 Å². The lowest BCUT2D eigenvalue weighted by atomic mass is 9.90. The van der Waals surface area contributed by atoms with Gasteiger partial charge in [-0.1, -0.05) is 41.5 Å². The molecule has 1 fully saturated rings. The van der Waals surface area contributed by atoms with E-state index in [0.717, 1.165) is 18.4 Å². The minimum atomic E-state index is 0.311. The van der Waals surface area contributed by atoms with Gasteiger partial charge in [0.1, 0.15) is 0 Å². The van der Waals surface area contributed by atoms with E-state index >= 15 is 0 Å². The Bertz CT molecular complexity index is 181. The summed E-state index contributed by atoms with van der Waals surface area (Å²) in [6, 6.07) is 0.638. The van der Waals surface area contributed by atoms with Gasteiger partial charge < -0.3 is 0 Å². The minimum absolute atomic E-state index is 0.311. The number of hydrogen-bond donors (Lipinski definition) is 2. The Kier molecular flexibility index (Phi) is 3.59. The number of nitrogens with one attached hydrogen (secondary N) is 2. The molecule has 0 aliphatic carbocycles. The highest BCUT2D eigenvalue weighted by molar-refractivity contribution is 4.92. The first-order valence-corrected chi connectivity index (χ1v) is 5.82. The number of hydrogen-bond acceptors (Lipinski definition) is 2. The highest BCUT2D eigenvalue weighted by Crippen LogP contribution is 2.24. The molecule has 2 nitrogen and oxygen atoms in total. The molecule has 0 spiro atoms. The molecule has 0 aromatic rings. The lowest BCUT2D eigenvalue weighted by Gasteiger charge is -2.29. The highest BCUT2D eigenvalue weighted by Gasteiger charge is 2.34. The van der Waals surface area contributed by atoms with Gasteiger partial charge in [0, 0.05) is 12.6 Å². The van der Waals surface area contributed by atoms with E-state index in [4.69, 9.17) is 0 Å². The smallest absolute Gasteiger partial charge is 0.0624 e. The van der Waals surface area contributed by atoms with Crippen LogP contribution in [0.4, 0.5) is 0 Å². The molecule has 0 saturated carbocycles. The summed E-state index contributed by atoms with van der Waals surface area (Å²) in [5.74, 6) is 1.50. The maximum atomic E-state index is 3.70. The van der Waals surface area contributed by atoms with E-state index in [1.807, 2.05) is 0 Å². The molecule has 1 aliphatic rings. The maximum Gasteiger partial charge on any atom is 0.0624 e. The van der Waals surface area contributed by atoms with Gasteiger partial charge in [-0.2, -0.15) is 0 Å². The fourth-order valence-electron chi connectivity index (χ4n) is 1.94. The van der Waals surface area contributed by atoms with Crippen LogP contribution in [0.15, 0.2) is 0 Å². The van der Waals surface area contributed by atoms with Crippen LogP contribution in [0.1, 0.15) is 41.5 Å². The van der Waals surface area contributed by atoms with Crippen molar-refractivity contribution < 1.29 is 0 Å². The summed E-state index contributed by atoms with van der Waals surface area (Å²) >= 11 is 0. The molecule has 0 bridgehead atoms. The van der Waals surface area contributed by atoms with Gasteiger partial charge in [0.2, 0.25) is 0 Å². The van der Waals surface area contributed by atoms with E-state index in [0.29, 0.717) is 17.6 Å². The van der Waals surface area contributed by atoms with Gasteiger partial charge in [-0.15, -0.1) is 0 Å². The van der Waals surface area contributed by atoms with Crippen molar-refractivity contribution in [3.05, 3.63) is 0 Å². The fourth-order valence-corrected chi connectivity index (χ4v) is 1.94. The molecule has 1 aliphatic heterocycles. The average molecular weight is 198 g/mol. The van der Waals surface area contributed by atoms with Crippen LogP contribution in [0.5, 0.6) is 0 Å². The summed E-state index contributed by atoms with van der Waals surface area (Å²) < 4.78 is 0. The lowest BCUT2D eigenvalue weighted by Crippen LogP contribution is -2.45. The first-order chi connectivity index (χ1) is 6.32. The minimum Gasteiger partial charge on any atom is -0.300 e. The number of rotatable bonds is 2. The van der Waals surface area contributed by atoms with Crippen molar-refractivity contribution in [3.8, 4) is 0 Å². The van der Waals surface area contributed by atoms with Crippen molar-refractivity contribution >= 4 is 0 Å². The molecule has 1 rings (SSSR count). The van der Waals surface area contributed by atoms with E-state index < -0.39 is 0 Å². The van der Waals surface area contributed by atoms with Crippen molar-refractivity contribution in [1.29, 1.82) is 0 Å². The van der Waals surface area contributed by atoms with Gasteiger partial charge in [-0.3, -0.25) is 10.6 Å². The molecule has 0 aromatic heterocycles. The SMILES string of the molecule is CC(C)C(C)C1CNC(C(C)(C)C)N1. The second-order valence-corrected chi connectivity index (χ2v) is 6.08. The van der Waals surface area contributed by atoms with Gasteiger partial charge in [0.25, 0.3) is 0 Å². The largest absolute Gasteiger partial charge is 0.300 e. The zero-order chi connectivity index (χ0) is 10.9. The quantitative estimate of drug-likeness (QED) is 0.711. The van der Waals surface area contributed by atoms with Crippen LogP contribution in [-0.2, 0) is 0 Å². The van der Waals surface area contributed by atoms with Gasteiger partial charge in [-0.25, -0.2) is 0 Å². The van der Waals surface area contributed by atoms with Crippen molar-refractivity contribution in [3.63, 3.8) is 0 Å². The molecule has 1 heterocycles. The first-order valence-electron chi connectivity index (χ1n) is 5.82. The Balaban J connectivity index is 2.49. The standard InChI is InChI=1S/C12H26N2/c1-8(2)9(3)10-7-13-11(14-10)12(4,5)6/h8-11,13-14H,7H2,1-6H3. The van der Waals surface area contributed by atoms with Crippen LogP contribution in [0.3, 0.4) is 0 Å². The first kappa shape index (κ1) is 12.0. The zero-order valence-electron chi connectivity index (χ0n) is 10.5. The van der Waals surface area contributed by atoms with Crippen LogP contribution in [0, 0.1) is 17.3 Å². The third kappa shape index (κ3) is 2.71. The van der Waals surface area contributed by atoms with Crippen molar-refractivity contribution in [2.45, 2.75) is 53.8 Å². The maximum absolute atomic E-state index is 3.70. The molecule has 0 amide bonds. The fraction of sp³-hybridized carbons (Fsp3) is 1.00. The van der Waals surface area contributed by atoms with Crippen LogP contribution >= 0.6 is 0 Å². The van der Waals surface area contributed by atoms with Crippen LogP contribution in [-0.4, -0.2) is 18.8 Å². The van der Waals surface area contributed by atoms with E-state index in [2.05, 4.69) is 52.2 Å². The molecule has 84 valence electrons. The molecule has 0 aromatic carbocycles. The highest BCUT2D eigenvalue weighted by atomic mass is 15.2. The molecule has 2 heteroatoms. The van der Waals surface area contributed by atoms with E-state index in [1.54, 1.807) is 0 Å². The summed E-state index contributed by atoms with van der Waals surface area (Å²) in [7, 11) is 0. The molecule has 1 saturated heterocycles. The Morgan fingerprint density at radius 2 is 1.71 bits per heavy atom. The molecule has 3 unspecified atom stereocenters. The summed E-state index contributed by atoms with van der Waals surface area (Å²) in [6.07, 6.45) is 0.466. The molecule has 2 N–H and O–H groups in total. The van der Waals surface area contributed by atoms with Gasteiger partial charge in [0.05, 0.1) is 6.17 Å². The molecular weight excluding hydrogens is 172 g/mol. The summed E-state index contributed by atoms with van der Waals surface area (Å²) in [6.45, 7) is 14.9. The van der Waals surface area contributed by atoms with Crippen molar-refractivity contribution in [2.24, 2.45) is 17.3 Å². The van der Waals surface area contributed by atoms with Gasteiger partial charge in [0.15, 0.2) is 0 Å². The summed E-state index contributed by atoms with van der Waals surface area (Å²) in [4.78, 5) is 0. The zero-order valence-corrected chi connectivity index (χ0v) is 10.5. The topological polar surface area (TPSA) is 24.1 Å². The van der Waals surface area contributed by atoms with E-state index in [9.17, 15) is 0 Å². The second-order valence-electron chi connectivity index (χ2n) is 6.08. The van der Waals surface area contributed by atoms with Crippen molar-refractivity contribution in [2.75, 3.05) is 6.54 Å². The molecular formula is C12H26N2. The summed E-state index contributed by atoms with van der Waals surface area (Å²) in [5.41, 5.74) is 0.311. The molecule has 3 atom stereocenters. The third-order valence-corrected chi connectivity index (χ3v) is 3.47. The molecule has 0 radical (unpaired) electrons. The summed E-state index contributed by atoms with van der Waals surface area (Å²) in [5, 5.41) is 7.27.